The predicted molar refractivity (Wildman–Crippen MR) is 91.4 cm³/mol. The monoisotopic (exact) mass is 396 g/mol. The van der Waals surface area contributed by atoms with Crippen LogP contribution in [0.2, 0.25) is 5.02 Å². The van der Waals surface area contributed by atoms with Gasteiger partial charge in [-0.2, -0.15) is 0 Å². The lowest BCUT2D eigenvalue weighted by Crippen LogP contribution is -2.24. The summed E-state index contributed by atoms with van der Waals surface area (Å²) >= 11 is 9.25. The highest BCUT2D eigenvalue weighted by molar-refractivity contribution is 9.10. The van der Waals surface area contributed by atoms with Gasteiger partial charge in [-0.15, -0.1) is 0 Å². The first-order valence-electron chi connectivity index (χ1n) is 6.76. The molecule has 2 aromatic carbocycles. The summed E-state index contributed by atoms with van der Waals surface area (Å²) in [5.41, 5.74) is 0.641. The van der Waals surface area contributed by atoms with Gasteiger partial charge in [-0.1, -0.05) is 27.5 Å². The Bertz CT molecular complexity index is 728. The van der Waals surface area contributed by atoms with Crippen molar-refractivity contribution in [1.29, 1.82) is 0 Å². The summed E-state index contributed by atoms with van der Waals surface area (Å²) < 4.78 is 11.0. The van der Waals surface area contributed by atoms with Gasteiger partial charge in [0, 0.05) is 10.0 Å². The van der Waals surface area contributed by atoms with Crippen LogP contribution < -0.4 is 4.74 Å². The van der Waals surface area contributed by atoms with Crippen molar-refractivity contribution in [3.63, 3.8) is 0 Å². The zero-order valence-electron chi connectivity index (χ0n) is 12.5. The largest absolute Gasteiger partial charge is 0.497 e. The number of carbonyl (C=O) groups excluding carboxylic acids is 2. The summed E-state index contributed by atoms with van der Waals surface area (Å²) in [5, 5.41) is 0.266. The van der Waals surface area contributed by atoms with Gasteiger partial charge in [0.2, 0.25) is 5.78 Å². The molecule has 0 heterocycles. The highest BCUT2D eigenvalue weighted by Crippen LogP contribution is 2.22. The number of ether oxygens (including phenoxy) is 2. The second-order valence-corrected chi connectivity index (χ2v) is 6.09. The zero-order chi connectivity index (χ0) is 17.0. The van der Waals surface area contributed by atoms with Crippen LogP contribution in [0.3, 0.4) is 0 Å². The van der Waals surface area contributed by atoms with E-state index in [1.54, 1.807) is 49.6 Å². The van der Waals surface area contributed by atoms with Gasteiger partial charge >= 0.3 is 5.97 Å². The molecule has 23 heavy (non-hydrogen) atoms. The van der Waals surface area contributed by atoms with E-state index < -0.39 is 12.1 Å². The molecule has 0 aliphatic heterocycles. The van der Waals surface area contributed by atoms with Gasteiger partial charge in [-0.25, -0.2) is 4.79 Å². The SMILES string of the molecule is COc1ccc(C(=O)[C@H](C)OC(=O)c2cc(Br)ccc2Cl)cc1. The molecule has 0 unspecified atom stereocenters. The number of rotatable bonds is 5. The minimum atomic E-state index is -0.925. The molecule has 0 fully saturated rings. The Morgan fingerprint density at radius 1 is 1.13 bits per heavy atom. The van der Waals surface area contributed by atoms with Crippen molar-refractivity contribution in [3.8, 4) is 5.75 Å². The second kappa shape index (κ2) is 7.62. The van der Waals surface area contributed by atoms with Gasteiger partial charge in [0.05, 0.1) is 17.7 Å². The highest BCUT2D eigenvalue weighted by atomic mass is 79.9. The van der Waals surface area contributed by atoms with Gasteiger partial charge in [-0.3, -0.25) is 4.79 Å². The summed E-state index contributed by atoms with van der Waals surface area (Å²) in [7, 11) is 1.54. The number of hydrogen-bond acceptors (Lipinski definition) is 4. The molecule has 6 heteroatoms. The van der Waals surface area contributed by atoms with E-state index >= 15 is 0 Å². The number of Topliss-reactive ketones (excluding diaryl/α,β-unsaturated/α-hetero) is 1. The van der Waals surface area contributed by atoms with Crippen molar-refractivity contribution in [2.45, 2.75) is 13.0 Å². The summed E-state index contributed by atoms with van der Waals surface area (Å²) in [5.74, 6) is -0.301. The Morgan fingerprint density at radius 3 is 2.39 bits per heavy atom. The Hall–Kier alpha value is -1.85. The Kier molecular flexibility index (Phi) is 5.80. The molecule has 0 radical (unpaired) electrons. The third kappa shape index (κ3) is 4.33. The number of methoxy groups -OCH3 is 1. The Morgan fingerprint density at radius 2 is 1.78 bits per heavy atom. The maximum atomic E-state index is 12.3. The molecule has 2 aromatic rings. The lowest BCUT2D eigenvalue weighted by Gasteiger charge is -2.13. The predicted octanol–water partition coefficient (Wildman–Crippen LogP) is 4.54. The van der Waals surface area contributed by atoms with Crippen molar-refractivity contribution < 1.29 is 19.1 Å². The molecule has 0 saturated heterocycles. The Labute approximate surface area is 147 Å². The number of carbonyl (C=O) groups is 2. The number of esters is 1. The van der Waals surface area contributed by atoms with Crippen LogP contribution in [0.1, 0.15) is 27.6 Å². The van der Waals surface area contributed by atoms with Crippen LogP contribution in [0.4, 0.5) is 0 Å². The van der Waals surface area contributed by atoms with E-state index in [0.717, 1.165) is 0 Å². The second-order valence-electron chi connectivity index (χ2n) is 4.76. The van der Waals surface area contributed by atoms with Gasteiger partial charge in [0.25, 0.3) is 0 Å². The van der Waals surface area contributed by atoms with E-state index in [4.69, 9.17) is 21.1 Å². The van der Waals surface area contributed by atoms with Gasteiger partial charge in [0.15, 0.2) is 6.10 Å². The molecule has 0 spiro atoms. The molecule has 0 N–H and O–H groups in total. The first-order valence-corrected chi connectivity index (χ1v) is 7.93. The molecule has 0 amide bonds. The van der Waals surface area contributed by atoms with Crippen molar-refractivity contribution in [1.82, 2.24) is 0 Å². The molecule has 0 saturated carbocycles. The summed E-state index contributed by atoms with van der Waals surface area (Å²) in [6.45, 7) is 1.52. The molecule has 0 aliphatic rings. The standard InChI is InChI=1S/C17H14BrClO4/c1-10(16(20)11-3-6-13(22-2)7-4-11)23-17(21)14-9-12(18)5-8-15(14)19/h3-10H,1-2H3/t10-/m0/s1. The van der Waals surface area contributed by atoms with Gasteiger partial charge in [0.1, 0.15) is 5.75 Å². The zero-order valence-corrected chi connectivity index (χ0v) is 14.8. The molecule has 120 valence electrons. The Balaban J connectivity index is 2.10. The smallest absolute Gasteiger partial charge is 0.340 e. The van der Waals surface area contributed by atoms with Crippen molar-refractivity contribution in [2.24, 2.45) is 0 Å². The van der Waals surface area contributed by atoms with Crippen LogP contribution >= 0.6 is 27.5 Å². The minimum Gasteiger partial charge on any atom is -0.497 e. The first-order chi connectivity index (χ1) is 10.9. The molecule has 0 aliphatic carbocycles. The molecule has 1 atom stereocenters. The number of benzene rings is 2. The van der Waals surface area contributed by atoms with E-state index in [0.29, 0.717) is 15.8 Å². The molecule has 0 aromatic heterocycles. The maximum Gasteiger partial charge on any atom is 0.340 e. The number of hydrogen-bond donors (Lipinski definition) is 0. The lowest BCUT2D eigenvalue weighted by molar-refractivity contribution is 0.0319. The van der Waals surface area contributed by atoms with Crippen LogP contribution in [0.5, 0.6) is 5.75 Å². The molecule has 4 nitrogen and oxygen atoms in total. The van der Waals surface area contributed by atoms with E-state index in [-0.39, 0.29) is 16.4 Å². The fraction of sp³-hybridized carbons (Fsp3) is 0.176. The fourth-order valence-electron chi connectivity index (χ4n) is 1.92. The third-order valence-electron chi connectivity index (χ3n) is 3.18. The lowest BCUT2D eigenvalue weighted by atomic mass is 10.1. The maximum absolute atomic E-state index is 12.3. The van der Waals surface area contributed by atoms with E-state index in [1.807, 2.05) is 0 Å². The molecular weight excluding hydrogens is 384 g/mol. The fourth-order valence-corrected chi connectivity index (χ4v) is 2.48. The number of ketones is 1. The molecular formula is C17H14BrClO4. The average Bonchev–Trinajstić information content (AvgIpc) is 2.56. The van der Waals surface area contributed by atoms with Crippen molar-refractivity contribution in [3.05, 3.63) is 63.1 Å². The molecule has 0 bridgehead atoms. The summed E-state index contributed by atoms with van der Waals surface area (Å²) in [6.07, 6.45) is -0.925. The first kappa shape index (κ1) is 17.5. The average molecular weight is 398 g/mol. The molecule has 2 rings (SSSR count). The highest BCUT2D eigenvalue weighted by Gasteiger charge is 2.22. The normalized spacial score (nSPS) is 11.7. The quantitative estimate of drug-likeness (QED) is 0.549. The van der Waals surface area contributed by atoms with Crippen LogP contribution in [0, 0.1) is 0 Å². The van der Waals surface area contributed by atoms with Crippen LogP contribution in [0.15, 0.2) is 46.9 Å². The van der Waals surface area contributed by atoms with Crippen LogP contribution in [-0.4, -0.2) is 25.0 Å². The van der Waals surface area contributed by atoms with Crippen LogP contribution in [0.25, 0.3) is 0 Å². The van der Waals surface area contributed by atoms with E-state index in [2.05, 4.69) is 15.9 Å². The third-order valence-corrected chi connectivity index (χ3v) is 4.00. The van der Waals surface area contributed by atoms with Crippen LogP contribution in [-0.2, 0) is 4.74 Å². The minimum absolute atomic E-state index is 0.204. The number of halogens is 2. The summed E-state index contributed by atoms with van der Waals surface area (Å²) in [4.78, 5) is 24.5. The van der Waals surface area contributed by atoms with Crippen molar-refractivity contribution in [2.75, 3.05) is 7.11 Å². The van der Waals surface area contributed by atoms with E-state index in [1.165, 1.54) is 6.92 Å². The summed E-state index contributed by atoms with van der Waals surface area (Å²) in [6, 6.07) is 11.4. The topological polar surface area (TPSA) is 52.6 Å². The van der Waals surface area contributed by atoms with Crippen molar-refractivity contribution >= 4 is 39.3 Å². The van der Waals surface area contributed by atoms with E-state index in [9.17, 15) is 9.59 Å². The van der Waals surface area contributed by atoms with Gasteiger partial charge < -0.3 is 9.47 Å². The van der Waals surface area contributed by atoms with Gasteiger partial charge in [-0.05, 0) is 49.4 Å².